The third-order valence-corrected chi connectivity index (χ3v) is 9.20. The highest BCUT2D eigenvalue weighted by atomic mass is 16.5. The van der Waals surface area contributed by atoms with Crippen LogP contribution in [0.25, 0.3) is 10.8 Å². The molecule has 330 valence electrons. The molecule has 7 aromatic carbocycles. The Hall–Kier alpha value is -7.58. The number of rotatable bonds is 8. The summed E-state index contributed by atoms with van der Waals surface area (Å²) in [6.45, 7) is 13.4. The summed E-state index contributed by atoms with van der Waals surface area (Å²) in [6.07, 6.45) is 0. The van der Waals surface area contributed by atoms with Gasteiger partial charge in [-0.3, -0.25) is 28.8 Å². The molecule has 0 atom stereocenters. The number of benzene rings is 7. The molecule has 0 amide bonds. The van der Waals surface area contributed by atoms with E-state index in [1.807, 2.05) is 141 Å². The fourth-order valence-electron chi connectivity index (χ4n) is 5.53. The van der Waals surface area contributed by atoms with Crippen LogP contribution < -0.4 is 9.47 Å². The molecule has 8 heteroatoms. The third-order valence-electron chi connectivity index (χ3n) is 9.20. The molecule has 0 aromatic heterocycles. The molecular weight excluding hydrogens is 801 g/mol. The Kier molecular flexibility index (Phi) is 23.1. The molecule has 0 radical (unpaired) electrons. The zero-order valence-electron chi connectivity index (χ0n) is 38.4. The number of carbonyl (C=O) groups is 6. The number of hydrogen-bond donors (Lipinski definition) is 0. The van der Waals surface area contributed by atoms with Crippen molar-refractivity contribution in [3.63, 3.8) is 0 Å². The lowest BCUT2D eigenvalue weighted by Crippen LogP contribution is -1.92. The van der Waals surface area contributed by atoms with Crippen LogP contribution in [-0.2, 0) is 0 Å². The molecule has 0 aliphatic heterocycles. The standard InChI is InChI=1S/C12H10O.2C9H10O2.2C9H10O.C8H8O/c1-9(13)11-8-4-6-10-5-2-3-7-12(10)11;1-7(10)8-3-5-9(11-2)6-4-8;1-7(10)8-4-3-5-9(6-8)11-2;1-7-3-5-9(6-4-7)8(2)10;1-7-4-3-5-9(6-7)8(2)10;1-7(9)8-5-3-2-4-6-8/h2-8H,1H3;2*3-6H,1-2H3;2*3-6H,1-2H3;2-6H,1H3. The number of ether oxygens (including phenoxy) is 2. The second kappa shape index (κ2) is 28.1. The molecular formula is C56H58O8. The van der Waals surface area contributed by atoms with Crippen LogP contribution in [0.15, 0.2) is 170 Å². The highest BCUT2D eigenvalue weighted by molar-refractivity contribution is 6.07. The molecule has 8 nitrogen and oxygen atoms in total. The van der Waals surface area contributed by atoms with E-state index in [-0.39, 0.29) is 34.7 Å². The predicted octanol–water partition coefficient (Wildman–Crippen LogP) is 13.1. The molecule has 0 N–H and O–H groups in total. The van der Waals surface area contributed by atoms with Gasteiger partial charge in [0.1, 0.15) is 11.5 Å². The van der Waals surface area contributed by atoms with Crippen molar-refractivity contribution in [3.8, 4) is 11.5 Å². The van der Waals surface area contributed by atoms with E-state index >= 15 is 0 Å². The summed E-state index contributed by atoms with van der Waals surface area (Å²) >= 11 is 0. The van der Waals surface area contributed by atoms with Crippen molar-refractivity contribution < 1.29 is 38.2 Å². The number of methoxy groups -OCH3 is 2. The highest BCUT2D eigenvalue weighted by Crippen LogP contribution is 2.18. The van der Waals surface area contributed by atoms with Gasteiger partial charge in [0.25, 0.3) is 0 Å². The molecule has 0 fully saturated rings. The minimum Gasteiger partial charge on any atom is -0.497 e. The highest BCUT2D eigenvalue weighted by Gasteiger charge is 2.04. The van der Waals surface area contributed by atoms with Crippen molar-refractivity contribution in [2.24, 2.45) is 0 Å². The van der Waals surface area contributed by atoms with E-state index in [0.717, 1.165) is 50.1 Å². The van der Waals surface area contributed by atoms with E-state index in [0.29, 0.717) is 11.1 Å². The van der Waals surface area contributed by atoms with Gasteiger partial charge in [0.15, 0.2) is 34.7 Å². The summed E-state index contributed by atoms with van der Waals surface area (Å²) in [5.41, 5.74) is 6.87. The van der Waals surface area contributed by atoms with Gasteiger partial charge in [0.05, 0.1) is 14.2 Å². The molecule has 0 heterocycles. The van der Waals surface area contributed by atoms with Gasteiger partial charge in [0, 0.05) is 33.4 Å². The number of aryl methyl sites for hydroxylation is 2. The maximum absolute atomic E-state index is 11.3. The molecule has 0 aliphatic rings. The average Bonchev–Trinajstić information content (AvgIpc) is 3.30. The van der Waals surface area contributed by atoms with Crippen LogP contribution in [0.3, 0.4) is 0 Å². The largest absolute Gasteiger partial charge is 0.497 e. The van der Waals surface area contributed by atoms with Crippen molar-refractivity contribution >= 4 is 45.5 Å². The van der Waals surface area contributed by atoms with Crippen LogP contribution in [-0.4, -0.2) is 48.9 Å². The summed E-state index contributed by atoms with van der Waals surface area (Å²) in [6, 6.07) is 52.3. The van der Waals surface area contributed by atoms with Crippen LogP contribution in [0.1, 0.15) is 115 Å². The normalized spacial score (nSPS) is 9.47. The van der Waals surface area contributed by atoms with E-state index in [1.54, 1.807) is 91.3 Å². The van der Waals surface area contributed by atoms with Crippen LogP contribution >= 0.6 is 0 Å². The number of ketones is 6. The third kappa shape index (κ3) is 19.4. The lowest BCUT2D eigenvalue weighted by atomic mass is 10.0. The Labute approximate surface area is 377 Å². The topological polar surface area (TPSA) is 121 Å². The minimum absolute atomic E-state index is 0.0592. The summed E-state index contributed by atoms with van der Waals surface area (Å²) in [7, 11) is 3.18. The zero-order valence-corrected chi connectivity index (χ0v) is 38.4. The molecule has 7 rings (SSSR count). The first-order chi connectivity index (χ1) is 30.5. The van der Waals surface area contributed by atoms with Crippen LogP contribution in [0.4, 0.5) is 0 Å². The Morgan fingerprint density at radius 3 is 1.19 bits per heavy atom. The second-order valence-corrected chi connectivity index (χ2v) is 14.4. The van der Waals surface area contributed by atoms with Crippen molar-refractivity contribution in [1.29, 1.82) is 0 Å². The molecule has 0 unspecified atom stereocenters. The molecule has 7 aromatic rings. The maximum Gasteiger partial charge on any atom is 0.160 e. The summed E-state index contributed by atoms with van der Waals surface area (Å²) < 4.78 is 9.89. The molecule has 64 heavy (non-hydrogen) atoms. The smallest absolute Gasteiger partial charge is 0.160 e. The Balaban J connectivity index is 0.000000265. The lowest BCUT2D eigenvalue weighted by Gasteiger charge is -2.01. The van der Waals surface area contributed by atoms with Gasteiger partial charge >= 0.3 is 0 Å². The van der Waals surface area contributed by atoms with Gasteiger partial charge in [-0.2, -0.15) is 0 Å². The fraction of sp³-hybridized carbons (Fsp3) is 0.179. The predicted molar refractivity (Wildman–Crippen MR) is 259 cm³/mol. The molecule has 0 bridgehead atoms. The number of hydrogen-bond acceptors (Lipinski definition) is 8. The van der Waals surface area contributed by atoms with Crippen molar-refractivity contribution in [1.82, 2.24) is 0 Å². The Morgan fingerprint density at radius 1 is 0.328 bits per heavy atom. The first-order valence-electron chi connectivity index (χ1n) is 20.5. The number of Topliss-reactive ketones (excluding diaryl/α,β-unsaturated/α-hetero) is 6. The van der Waals surface area contributed by atoms with E-state index in [1.165, 1.54) is 12.5 Å². The fourth-order valence-corrected chi connectivity index (χ4v) is 5.53. The molecule has 0 spiro atoms. The molecule has 0 saturated carbocycles. The van der Waals surface area contributed by atoms with Crippen molar-refractivity contribution in [2.75, 3.05) is 14.2 Å². The molecule has 0 saturated heterocycles. The second-order valence-electron chi connectivity index (χ2n) is 14.4. The van der Waals surface area contributed by atoms with Gasteiger partial charge in [-0.05, 0) is 109 Å². The van der Waals surface area contributed by atoms with E-state index in [4.69, 9.17) is 9.47 Å². The van der Waals surface area contributed by atoms with Crippen LogP contribution in [0.5, 0.6) is 11.5 Å². The van der Waals surface area contributed by atoms with E-state index in [9.17, 15) is 28.8 Å². The number of carbonyl (C=O) groups excluding carboxylic acids is 6. The van der Waals surface area contributed by atoms with Crippen molar-refractivity contribution in [2.45, 2.75) is 55.4 Å². The average molecular weight is 859 g/mol. The van der Waals surface area contributed by atoms with Gasteiger partial charge < -0.3 is 9.47 Å². The van der Waals surface area contributed by atoms with Crippen molar-refractivity contribution in [3.05, 3.63) is 214 Å². The monoisotopic (exact) mass is 858 g/mol. The van der Waals surface area contributed by atoms with Crippen LogP contribution in [0.2, 0.25) is 0 Å². The van der Waals surface area contributed by atoms with Gasteiger partial charge in [-0.1, -0.05) is 139 Å². The van der Waals surface area contributed by atoms with Gasteiger partial charge in [-0.25, -0.2) is 0 Å². The number of fused-ring (bicyclic) bond motifs is 1. The summed E-state index contributed by atoms with van der Waals surface area (Å²) in [5, 5.41) is 2.16. The quantitative estimate of drug-likeness (QED) is 0.139. The minimum atomic E-state index is 0.0592. The summed E-state index contributed by atoms with van der Waals surface area (Å²) in [5.74, 6) is 2.13. The van der Waals surface area contributed by atoms with E-state index in [2.05, 4.69) is 0 Å². The Bertz CT molecular complexity index is 2580. The van der Waals surface area contributed by atoms with E-state index < -0.39 is 0 Å². The first kappa shape index (κ1) is 52.6. The zero-order chi connectivity index (χ0) is 47.6. The SMILES string of the molecule is CC(=O)c1ccc(C)cc1.CC(=O)c1cccc(C)c1.CC(=O)c1cccc2ccccc12.CC(=O)c1ccccc1.COc1ccc(C(C)=O)cc1.COc1cccc(C(C)=O)c1. The summed E-state index contributed by atoms with van der Waals surface area (Å²) in [4.78, 5) is 65.1. The maximum atomic E-state index is 11.3. The Morgan fingerprint density at radius 2 is 0.734 bits per heavy atom. The lowest BCUT2D eigenvalue weighted by molar-refractivity contribution is 0.100. The first-order valence-corrected chi connectivity index (χ1v) is 20.5. The van der Waals surface area contributed by atoms with Gasteiger partial charge in [-0.15, -0.1) is 0 Å². The molecule has 0 aliphatic carbocycles. The van der Waals surface area contributed by atoms with Gasteiger partial charge in [0.2, 0.25) is 0 Å². The van der Waals surface area contributed by atoms with Crippen LogP contribution in [0, 0.1) is 13.8 Å².